The van der Waals surface area contributed by atoms with E-state index < -0.39 is 0 Å². The van der Waals surface area contributed by atoms with Crippen LogP contribution in [-0.4, -0.2) is 60.5 Å². The molecule has 2 aromatic carbocycles. The SMILES string of the molecule is CCCN(C(=O)/C=C/c1ccc2c(c1)OCCO2)C1CCN(C(=O)c2ccccc2)CC1. The topological polar surface area (TPSA) is 59.1 Å². The first-order chi connectivity index (χ1) is 15.7. The highest BCUT2D eigenvalue weighted by molar-refractivity contribution is 5.94. The van der Waals surface area contributed by atoms with Crippen molar-refractivity contribution in [3.05, 3.63) is 65.7 Å². The number of amides is 2. The Bertz CT molecular complexity index is 965. The highest BCUT2D eigenvalue weighted by atomic mass is 16.6. The van der Waals surface area contributed by atoms with Gasteiger partial charge in [-0.25, -0.2) is 0 Å². The summed E-state index contributed by atoms with van der Waals surface area (Å²) in [6.45, 7) is 5.22. The van der Waals surface area contributed by atoms with Gasteiger partial charge < -0.3 is 19.3 Å². The molecule has 2 heterocycles. The van der Waals surface area contributed by atoms with Gasteiger partial charge in [-0.2, -0.15) is 0 Å². The first-order valence-corrected chi connectivity index (χ1v) is 11.4. The number of fused-ring (bicyclic) bond motifs is 1. The molecule has 0 radical (unpaired) electrons. The van der Waals surface area contributed by atoms with Crippen LogP contribution in [0.3, 0.4) is 0 Å². The van der Waals surface area contributed by atoms with Crippen LogP contribution in [0.25, 0.3) is 6.08 Å². The second-order valence-corrected chi connectivity index (χ2v) is 8.16. The monoisotopic (exact) mass is 434 g/mol. The quantitative estimate of drug-likeness (QED) is 0.645. The Morgan fingerprint density at radius 2 is 1.75 bits per heavy atom. The summed E-state index contributed by atoms with van der Waals surface area (Å²) in [6, 6.07) is 15.2. The van der Waals surface area contributed by atoms with Crippen LogP contribution in [0.5, 0.6) is 11.5 Å². The minimum absolute atomic E-state index is 0.00887. The van der Waals surface area contributed by atoms with Gasteiger partial charge in [0.2, 0.25) is 5.91 Å². The van der Waals surface area contributed by atoms with Crippen molar-refractivity contribution < 1.29 is 19.1 Å². The molecule has 6 nitrogen and oxygen atoms in total. The number of likely N-dealkylation sites (tertiary alicyclic amines) is 1. The van der Waals surface area contributed by atoms with Crippen molar-refractivity contribution in [3.8, 4) is 11.5 Å². The highest BCUT2D eigenvalue weighted by Gasteiger charge is 2.28. The van der Waals surface area contributed by atoms with E-state index in [-0.39, 0.29) is 17.9 Å². The molecule has 0 spiro atoms. The lowest BCUT2D eigenvalue weighted by molar-refractivity contribution is -0.129. The second kappa shape index (κ2) is 10.4. The molecule has 6 heteroatoms. The zero-order valence-electron chi connectivity index (χ0n) is 18.5. The molecule has 0 N–H and O–H groups in total. The van der Waals surface area contributed by atoms with Gasteiger partial charge in [-0.3, -0.25) is 9.59 Å². The summed E-state index contributed by atoms with van der Waals surface area (Å²) in [7, 11) is 0. The summed E-state index contributed by atoms with van der Waals surface area (Å²) in [5, 5.41) is 0. The molecule has 0 saturated carbocycles. The summed E-state index contributed by atoms with van der Waals surface area (Å²) in [6.07, 6.45) is 5.96. The van der Waals surface area contributed by atoms with Crippen molar-refractivity contribution in [1.82, 2.24) is 9.80 Å². The Morgan fingerprint density at radius 3 is 2.47 bits per heavy atom. The summed E-state index contributed by atoms with van der Waals surface area (Å²) in [4.78, 5) is 29.6. The van der Waals surface area contributed by atoms with Gasteiger partial charge in [0.1, 0.15) is 13.2 Å². The van der Waals surface area contributed by atoms with Crippen molar-refractivity contribution in [2.75, 3.05) is 32.8 Å². The lowest BCUT2D eigenvalue weighted by Crippen LogP contribution is -2.48. The maximum atomic E-state index is 13.0. The average molecular weight is 435 g/mol. The van der Waals surface area contributed by atoms with Crippen molar-refractivity contribution in [2.45, 2.75) is 32.2 Å². The number of carbonyl (C=O) groups excluding carboxylic acids is 2. The minimum atomic E-state index is 0.00887. The van der Waals surface area contributed by atoms with Gasteiger partial charge in [-0.1, -0.05) is 31.2 Å². The number of carbonyl (C=O) groups is 2. The molecule has 1 saturated heterocycles. The van der Waals surface area contributed by atoms with Crippen LogP contribution in [0.1, 0.15) is 42.1 Å². The number of piperidine rings is 1. The van der Waals surface area contributed by atoms with Crippen LogP contribution < -0.4 is 9.47 Å². The van der Waals surface area contributed by atoms with Crippen LogP contribution in [-0.2, 0) is 4.79 Å². The molecule has 168 valence electrons. The lowest BCUT2D eigenvalue weighted by Gasteiger charge is -2.38. The molecular weight excluding hydrogens is 404 g/mol. The summed E-state index contributed by atoms with van der Waals surface area (Å²) < 4.78 is 11.2. The molecule has 0 aromatic heterocycles. The molecule has 2 aromatic rings. The smallest absolute Gasteiger partial charge is 0.253 e. The van der Waals surface area contributed by atoms with Gasteiger partial charge >= 0.3 is 0 Å². The fraction of sp³-hybridized carbons (Fsp3) is 0.385. The minimum Gasteiger partial charge on any atom is -0.486 e. The molecule has 2 amide bonds. The number of hydrogen-bond donors (Lipinski definition) is 0. The number of benzene rings is 2. The number of nitrogens with zero attached hydrogens (tertiary/aromatic N) is 2. The predicted octanol–water partition coefficient (Wildman–Crippen LogP) is 4.01. The van der Waals surface area contributed by atoms with E-state index in [9.17, 15) is 9.59 Å². The van der Waals surface area contributed by atoms with E-state index in [1.54, 1.807) is 6.08 Å². The van der Waals surface area contributed by atoms with Gasteiger partial charge in [0.05, 0.1) is 0 Å². The van der Waals surface area contributed by atoms with Crippen LogP contribution in [0.4, 0.5) is 0 Å². The van der Waals surface area contributed by atoms with Crippen molar-refractivity contribution in [2.24, 2.45) is 0 Å². The molecule has 4 rings (SSSR count). The zero-order valence-corrected chi connectivity index (χ0v) is 18.5. The molecule has 2 aliphatic rings. The fourth-order valence-electron chi connectivity index (χ4n) is 4.28. The Balaban J connectivity index is 1.37. The maximum Gasteiger partial charge on any atom is 0.253 e. The van der Waals surface area contributed by atoms with Gasteiger partial charge in [0, 0.05) is 37.3 Å². The van der Waals surface area contributed by atoms with E-state index in [2.05, 4.69) is 6.92 Å². The lowest BCUT2D eigenvalue weighted by atomic mass is 10.0. The Labute approximate surface area is 189 Å². The van der Waals surface area contributed by atoms with E-state index >= 15 is 0 Å². The third-order valence-electron chi connectivity index (χ3n) is 5.95. The van der Waals surface area contributed by atoms with E-state index in [0.717, 1.165) is 36.1 Å². The first-order valence-electron chi connectivity index (χ1n) is 11.4. The molecule has 0 unspecified atom stereocenters. The molecule has 2 aliphatic heterocycles. The highest BCUT2D eigenvalue weighted by Crippen LogP contribution is 2.31. The summed E-state index contributed by atoms with van der Waals surface area (Å²) >= 11 is 0. The molecular formula is C26H30N2O4. The van der Waals surface area contributed by atoms with Crippen LogP contribution in [0.15, 0.2) is 54.6 Å². The van der Waals surface area contributed by atoms with E-state index in [1.807, 2.05) is 64.4 Å². The largest absolute Gasteiger partial charge is 0.486 e. The van der Waals surface area contributed by atoms with Gasteiger partial charge in [0.15, 0.2) is 11.5 Å². The second-order valence-electron chi connectivity index (χ2n) is 8.16. The third kappa shape index (κ3) is 5.13. The molecule has 0 aliphatic carbocycles. The van der Waals surface area contributed by atoms with Gasteiger partial charge in [-0.15, -0.1) is 0 Å². The molecule has 32 heavy (non-hydrogen) atoms. The third-order valence-corrected chi connectivity index (χ3v) is 5.95. The van der Waals surface area contributed by atoms with Gasteiger partial charge in [-0.05, 0) is 55.2 Å². The Hall–Kier alpha value is -3.28. The van der Waals surface area contributed by atoms with Gasteiger partial charge in [0.25, 0.3) is 5.91 Å². The summed E-state index contributed by atoms with van der Waals surface area (Å²) in [5.41, 5.74) is 1.62. The molecule has 0 bridgehead atoms. The standard InChI is InChI=1S/C26H30N2O4/c1-2-14-28(22-12-15-27(16-13-22)26(30)21-6-4-3-5-7-21)25(29)11-9-20-8-10-23-24(19-20)32-18-17-31-23/h3-11,19,22H,2,12-18H2,1H3/b11-9+. The van der Waals surface area contributed by atoms with Crippen molar-refractivity contribution in [3.63, 3.8) is 0 Å². The maximum absolute atomic E-state index is 13.0. The fourth-order valence-corrected chi connectivity index (χ4v) is 4.28. The van der Waals surface area contributed by atoms with Crippen LogP contribution in [0, 0.1) is 0 Å². The average Bonchev–Trinajstić information content (AvgIpc) is 2.86. The molecule has 1 fully saturated rings. The Morgan fingerprint density at radius 1 is 1.03 bits per heavy atom. The Kier molecular flexibility index (Phi) is 7.10. The van der Waals surface area contributed by atoms with E-state index in [1.165, 1.54) is 0 Å². The van der Waals surface area contributed by atoms with Crippen LogP contribution in [0.2, 0.25) is 0 Å². The van der Waals surface area contributed by atoms with Crippen LogP contribution >= 0.6 is 0 Å². The number of rotatable bonds is 6. The van der Waals surface area contributed by atoms with E-state index in [4.69, 9.17) is 9.47 Å². The number of ether oxygens (including phenoxy) is 2. The van der Waals surface area contributed by atoms with Crippen molar-refractivity contribution in [1.29, 1.82) is 0 Å². The normalized spacial score (nSPS) is 16.2. The zero-order chi connectivity index (χ0) is 22.3. The number of hydrogen-bond acceptors (Lipinski definition) is 4. The predicted molar refractivity (Wildman–Crippen MR) is 124 cm³/mol. The molecule has 0 atom stereocenters. The van der Waals surface area contributed by atoms with E-state index in [0.29, 0.717) is 38.6 Å². The first kappa shape index (κ1) is 21.9. The summed E-state index contributed by atoms with van der Waals surface area (Å²) in [5.74, 6) is 1.53. The van der Waals surface area contributed by atoms with Crippen molar-refractivity contribution >= 4 is 17.9 Å².